The molecule has 1 heterocycles. The van der Waals surface area contributed by atoms with Crippen LogP contribution >= 0.6 is 0 Å². The number of rotatable bonds is 15. The summed E-state index contributed by atoms with van der Waals surface area (Å²) in [7, 11) is 0. The maximum atomic E-state index is 12.5. The highest BCUT2D eigenvalue weighted by atomic mass is 16.7. The van der Waals surface area contributed by atoms with Crippen LogP contribution in [0.1, 0.15) is 67.2 Å². The average molecular weight is 543 g/mol. The van der Waals surface area contributed by atoms with Crippen molar-refractivity contribution in [1.29, 1.82) is 0 Å². The van der Waals surface area contributed by atoms with Gasteiger partial charge in [0.25, 0.3) is 0 Å². The first kappa shape index (κ1) is 33.3. The topological polar surface area (TPSA) is 144 Å². The number of aliphatic hydroxyl groups excluding tert-OH is 1. The summed E-state index contributed by atoms with van der Waals surface area (Å²) in [5, 5.41) is 11.0. The third-order valence-corrected chi connectivity index (χ3v) is 5.87. The number of carbonyl (C=O) groups is 4. The summed E-state index contributed by atoms with van der Waals surface area (Å²) in [6.07, 6.45) is -1.95. The Labute approximate surface area is 224 Å². The van der Waals surface area contributed by atoms with E-state index in [1.54, 1.807) is 6.92 Å². The van der Waals surface area contributed by atoms with Crippen LogP contribution in [0.4, 0.5) is 0 Å². The molecule has 1 N–H and O–H groups in total. The predicted molar refractivity (Wildman–Crippen MR) is 136 cm³/mol. The smallest absolute Gasteiger partial charge is 0.309 e. The van der Waals surface area contributed by atoms with Crippen molar-refractivity contribution in [2.75, 3.05) is 19.8 Å². The molecule has 0 saturated carbocycles. The fraction of sp³-hybridized carbons (Fsp3) is 0.704. The van der Waals surface area contributed by atoms with Crippen LogP contribution in [0.25, 0.3) is 0 Å². The second kappa shape index (κ2) is 17.0. The van der Waals surface area contributed by atoms with Crippen LogP contribution < -0.4 is 0 Å². The van der Waals surface area contributed by atoms with Gasteiger partial charge < -0.3 is 33.5 Å². The Balaban J connectivity index is 2.85. The van der Waals surface area contributed by atoms with Crippen molar-refractivity contribution in [2.24, 2.45) is 5.92 Å². The Hall–Kier alpha value is -2.76. The van der Waals surface area contributed by atoms with Gasteiger partial charge in [0.05, 0.1) is 12.5 Å². The van der Waals surface area contributed by atoms with Crippen LogP contribution in [0.15, 0.2) is 23.8 Å². The zero-order valence-electron chi connectivity index (χ0n) is 23.2. The van der Waals surface area contributed by atoms with Gasteiger partial charge in [0.15, 0.2) is 18.5 Å². The molecule has 11 heteroatoms. The van der Waals surface area contributed by atoms with Gasteiger partial charge in [-0.05, 0) is 38.2 Å². The lowest BCUT2D eigenvalue weighted by atomic mass is 9.98. The SMILES string of the molecule is C=C(CC/C=C(/C)COC(C)=O)CCO[C@@H]1O[C@H](COC(C)=O)[C@@H](OC(C)=O)[C@H](OC(=O)[C@H](C)CC)[C@H]1O. The lowest BCUT2D eigenvalue weighted by Gasteiger charge is -2.43. The summed E-state index contributed by atoms with van der Waals surface area (Å²) in [5.41, 5.74) is 1.82. The van der Waals surface area contributed by atoms with Gasteiger partial charge in [-0.25, -0.2) is 0 Å². The molecule has 38 heavy (non-hydrogen) atoms. The molecule has 1 rings (SSSR count). The Morgan fingerprint density at radius 1 is 0.974 bits per heavy atom. The molecule has 0 radical (unpaired) electrons. The maximum Gasteiger partial charge on any atom is 0.309 e. The van der Waals surface area contributed by atoms with Gasteiger partial charge in [0.1, 0.15) is 25.4 Å². The lowest BCUT2D eigenvalue weighted by Crippen LogP contribution is -2.62. The van der Waals surface area contributed by atoms with Gasteiger partial charge in [-0.2, -0.15) is 0 Å². The summed E-state index contributed by atoms with van der Waals surface area (Å²) < 4.78 is 32.5. The molecule has 0 aromatic heterocycles. The first-order valence-corrected chi connectivity index (χ1v) is 12.8. The van der Waals surface area contributed by atoms with E-state index in [2.05, 4.69) is 6.58 Å². The van der Waals surface area contributed by atoms with E-state index in [1.807, 2.05) is 19.9 Å². The molecule has 0 aromatic rings. The Kier molecular flexibility index (Phi) is 14.8. The zero-order chi connectivity index (χ0) is 28.8. The van der Waals surface area contributed by atoms with Crippen molar-refractivity contribution < 1.29 is 52.7 Å². The second-order valence-electron chi connectivity index (χ2n) is 9.36. The van der Waals surface area contributed by atoms with Gasteiger partial charge >= 0.3 is 23.9 Å². The molecule has 1 aliphatic rings. The Morgan fingerprint density at radius 3 is 2.21 bits per heavy atom. The van der Waals surface area contributed by atoms with E-state index in [1.165, 1.54) is 20.8 Å². The van der Waals surface area contributed by atoms with Crippen molar-refractivity contribution in [3.05, 3.63) is 23.8 Å². The minimum Gasteiger partial charge on any atom is -0.463 e. The normalized spacial score (nSPS) is 24.2. The molecule has 0 bridgehead atoms. The number of aliphatic hydroxyl groups is 1. The van der Waals surface area contributed by atoms with Crippen molar-refractivity contribution in [2.45, 2.75) is 97.9 Å². The first-order chi connectivity index (χ1) is 17.8. The highest BCUT2D eigenvalue weighted by Gasteiger charge is 2.50. The molecule has 1 saturated heterocycles. The van der Waals surface area contributed by atoms with Crippen molar-refractivity contribution in [3.8, 4) is 0 Å². The summed E-state index contributed by atoms with van der Waals surface area (Å²) >= 11 is 0. The van der Waals surface area contributed by atoms with E-state index in [0.29, 0.717) is 25.7 Å². The fourth-order valence-corrected chi connectivity index (χ4v) is 3.49. The molecular weight excluding hydrogens is 500 g/mol. The van der Waals surface area contributed by atoms with E-state index < -0.39 is 54.5 Å². The number of allylic oxidation sites excluding steroid dienone is 1. The van der Waals surface area contributed by atoms with Crippen LogP contribution in [-0.4, -0.2) is 79.5 Å². The molecule has 0 aliphatic carbocycles. The summed E-state index contributed by atoms with van der Waals surface area (Å²) in [6, 6.07) is 0. The lowest BCUT2D eigenvalue weighted by molar-refractivity contribution is -0.306. The van der Waals surface area contributed by atoms with Gasteiger partial charge in [-0.15, -0.1) is 0 Å². The van der Waals surface area contributed by atoms with E-state index in [-0.39, 0.29) is 25.8 Å². The van der Waals surface area contributed by atoms with Crippen molar-refractivity contribution >= 4 is 23.9 Å². The standard InChI is InChI=1S/C27H42O11/c1-8-18(4)26(32)38-25-23(31)27(37-22(15-35-20(6)29)24(25)36-21(7)30)33-13-12-16(2)10-9-11-17(3)14-34-19(5)28/h11,18,22-25,27,31H,2,8-10,12-15H2,1,3-7H3/b17-11-/t18-,22-,23-,24-,25-,27-/m1/s1. The minimum atomic E-state index is -1.47. The zero-order valence-corrected chi connectivity index (χ0v) is 23.2. The van der Waals surface area contributed by atoms with Gasteiger partial charge in [0, 0.05) is 20.8 Å². The van der Waals surface area contributed by atoms with E-state index in [0.717, 1.165) is 11.1 Å². The summed E-state index contributed by atoms with van der Waals surface area (Å²) in [4.78, 5) is 46.6. The minimum absolute atomic E-state index is 0.140. The molecule has 11 nitrogen and oxygen atoms in total. The number of hydrogen-bond acceptors (Lipinski definition) is 11. The van der Waals surface area contributed by atoms with Crippen molar-refractivity contribution in [1.82, 2.24) is 0 Å². The molecular formula is C27H42O11. The van der Waals surface area contributed by atoms with Gasteiger partial charge in [-0.1, -0.05) is 32.1 Å². The highest BCUT2D eigenvalue weighted by molar-refractivity contribution is 5.72. The summed E-state index contributed by atoms with van der Waals surface area (Å²) in [5.74, 6) is -2.63. The molecule has 6 atom stereocenters. The van der Waals surface area contributed by atoms with Crippen LogP contribution in [0, 0.1) is 5.92 Å². The molecule has 0 aromatic carbocycles. The maximum absolute atomic E-state index is 12.5. The van der Waals surface area contributed by atoms with Crippen LogP contribution in [0.5, 0.6) is 0 Å². The van der Waals surface area contributed by atoms with E-state index in [9.17, 15) is 24.3 Å². The van der Waals surface area contributed by atoms with Crippen LogP contribution in [0.3, 0.4) is 0 Å². The monoisotopic (exact) mass is 542 g/mol. The number of esters is 4. The number of ether oxygens (including phenoxy) is 6. The molecule has 1 aliphatic heterocycles. The van der Waals surface area contributed by atoms with Gasteiger partial charge in [0.2, 0.25) is 0 Å². The number of carbonyl (C=O) groups excluding carboxylic acids is 4. The summed E-state index contributed by atoms with van der Waals surface area (Å²) in [6.45, 7) is 13.2. The highest BCUT2D eigenvalue weighted by Crippen LogP contribution is 2.29. The largest absolute Gasteiger partial charge is 0.463 e. The second-order valence-corrected chi connectivity index (χ2v) is 9.36. The predicted octanol–water partition coefficient (Wildman–Crippen LogP) is 2.78. The van der Waals surface area contributed by atoms with E-state index >= 15 is 0 Å². The third kappa shape index (κ3) is 12.2. The molecule has 216 valence electrons. The van der Waals surface area contributed by atoms with E-state index in [4.69, 9.17) is 28.4 Å². The van der Waals surface area contributed by atoms with Crippen LogP contribution in [-0.2, 0) is 47.6 Å². The third-order valence-electron chi connectivity index (χ3n) is 5.87. The Morgan fingerprint density at radius 2 is 1.63 bits per heavy atom. The quantitative estimate of drug-likeness (QED) is 0.185. The molecule has 0 amide bonds. The first-order valence-electron chi connectivity index (χ1n) is 12.8. The van der Waals surface area contributed by atoms with Gasteiger partial charge in [-0.3, -0.25) is 19.2 Å². The van der Waals surface area contributed by atoms with Crippen molar-refractivity contribution in [3.63, 3.8) is 0 Å². The molecule has 0 unspecified atom stereocenters. The Bertz CT molecular complexity index is 850. The number of hydrogen-bond donors (Lipinski definition) is 1. The fourth-order valence-electron chi connectivity index (χ4n) is 3.49. The average Bonchev–Trinajstić information content (AvgIpc) is 2.84. The van der Waals surface area contributed by atoms with Crippen LogP contribution in [0.2, 0.25) is 0 Å². The molecule has 0 spiro atoms. The molecule has 1 fully saturated rings.